The number of amides is 1. The van der Waals surface area contributed by atoms with Crippen LogP contribution in [0.2, 0.25) is 0 Å². The number of benzene rings is 3. The van der Waals surface area contributed by atoms with Gasteiger partial charge in [0.15, 0.2) is 0 Å². The van der Waals surface area contributed by atoms with Crippen LogP contribution in [0.4, 0.5) is 5.69 Å². The highest BCUT2D eigenvalue weighted by Crippen LogP contribution is 2.25. The summed E-state index contributed by atoms with van der Waals surface area (Å²) in [6.07, 6.45) is 1.99. The van der Waals surface area contributed by atoms with E-state index in [0.29, 0.717) is 25.7 Å². The van der Waals surface area contributed by atoms with Gasteiger partial charge in [0, 0.05) is 36.2 Å². The van der Waals surface area contributed by atoms with Gasteiger partial charge in [-0.05, 0) is 66.6 Å². The molecule has 3 aromatic carbocycles. The fourth-order valence-electron chi connectivity index (χ4n) is 3.86. The van der Waals surface area contributed by atoms with E-state index in [1.54, 1.807) is 0 Å². The van der Waals surface area contributed by atoms with E-state index in [0.717, 1.165) is 46.1 Å². The average molecular weight is 484 g/mol. The second-order valence-corrected chi connectivity index (χ2v) is 8.48. The van der Waals surface area contributed by atoms with Crippen molar-refractivity contribution in [3.8, 4) is 22.8 Å². The van der Waals surface area contributed by atoms with E-state index < -0.39 is 0 Å². The highest BCUT2D eigenvalue weighted by atomic mass is 16.5. The summed E-state index contributed by atoms with van der Waals surface area (Å²) >= 11 is 0. The number of hydrogen-bond donors (Lipinski definition) is 2. The van der Waals surface area contributed by atoms with Crippen LogP contribution >= 0.6 is 0 Å². The SMILES string of the molecule is CCCC(=O)Nc1ccc(CC(Cc2cc(-c3ccc(Oc4ccccc4)cc3)n[nH]2)OC=O)cc1. The highest BCUT2D eigenvalue weighted by molar-refractivity contribution is 5.90. The Morgan fingerprint density at radius 2 is 1.69 bits per heavy atom. The van der Waals surface area contributed by atoms with Crippen LogP contribution in [0.5, 0.6) is 11.5 Å². The molecule has 1 aromatic heterocycles. The smallest absolute Gasteiger partial charge is 0.293 e. The van der Waals surface area contributed by atoms with Crippen molar-refractivity contribution in [1.82, 2.24) is 10.2 Å². The number of ether oxygens (including phenoxy) is 2. The topological polar surface area (TPSA) is 93.3 Å². The number of carbonyl (C=O) groups excluding carboxylic acids is 2. The molecule has 184 valence electrons. The molecule has 4 rings (SSSR count). The minimum absolute atomic E-state index is 0.000763. The summed E-state index contributed by atoms with van der Waals surface area (Å²) in [5.41, 5.74) is 4.37. The summed E-state index contributed by atoms with van der Waals surface area (Å²) in [4.78, 5) is 22.9. The van der Waals surface area contributed by atoms with Gasteiger partial charge >= 0.3 is 0 Å². The van der Waals surface area contributed by atoms with E-state index in [1.807, 2.05) is 91.9 Å². The Bertz CT molecular complexity index is 1250. The lowest BCUT2D eigenvalue weighted by atomic mass is 10.0. The summed E-state index contributed by atoms with van der Waals surface area (Å²) in [6, 6.07) is 26.9. The molecule has 36 heavy (non-hydrogen) atoms. The second kappa shape index (κ2) is 12.4. The van der Waals surface area contributed by atoms with Gasteiger partial charge in [-0.25, -0.2) is 0 Å². The normalized spacial score (nSPS) is 11.5. The standard InChI is InChI=1S/C29H29N3O4/c1-2-6-29(34)30-23-13-9-21(10-14-23)17-27(35-20-33)18-24-19-28(32-31-24)22-11-15-26(16-12-22)36-25-7-4-3-5-8-25/h3-5,7-16,19-20,27H,2,6,17-18H2,1H3,(H,30,34)(H,31,32). The van der Waals surface area contributed by atoms with E-state index in [9.17, 15) is 9.59 Å². The Morgan fingerprint density at radius 3 is 2.39 bits per heavy atom. The van der Waals surface area contributed by atoms with Gasteiger partial charge in [-0.3, -0.25) is 14.7 Å². The molecule has 2 N–H and O–H groups in total. The van der Waals surface area contributed by atoms with Crippen LogP contribution in [0, 0.1) is 0 Å². The van der Waals surface area contributed by atoms with E-state index in [2.05, 4.69) is 15.5 Å². The summed E-state index contributed by atoms with van der Waals surface area (Å²) in [7, 11) is 0. The molecule has 0 spiro atoms. The molecule has 0 bridgehead atoms. The second-order valence-electron chi connectivity index (χ2n) is 8.48. The van der Waals surface area contributed by atoms with Crippen LogP contribution in [0.15, 0.2) is 84.9 Å². The number of carbonyl (C=O) groups is 2. The minimum atomic E-state index is -0.349. The number of anilines is 1. The number of hydrogen-bond acceptors (Lipinski definition) is 5. The lowest BCUT2D eigenvalue weighted by Crippen LogP contribution is -2.19. The molecule has 7 nitrogen and oxygen atoms in total. The zero-order chi connectivity index (χ0) is 25.2. The minimum Gasteiger partial charge on any atom is -0.464 e. The molecule has 0 saturated heterocycles. The first-order valence-electron chi connectivity index (χ1n) is 12.0. The fraction of sp³-hybridized carbons (Fsp3) is 0.207. The van der Waals surface area contributed by atoms with Gasteiger partial charge in [0.1, 0.15) is 17.6 Å². The summed E-state index contributed by atoms with van der Waals surface area (Å²) < 4.78 is 11.2. The molecule has 1 unspecified atom stereocenters. The lowest BCUT2D eigenvalue weighted by molar-refractivity contribution is -0.133. The molecule has 4 aromatic rings. The third kappa shape index (κ3) is 7.06. The molecule has 0 fully saturated rings. The van der Waals surface area contributed by atoms with Gasteiger partial charge in [0.25, 0.3) is 6.47 Å². The zero-order valence-electron chi connectivity index (χ0n) is 20.1. The van der Waals surface area contributed by atoms with Crippen molar-refractivity contribution in [3.05, 3.63) is 96.2 Å². The quantitative estimate of drug-likeness (QED) is 0.244. The van der Waals surface area contributed by atoms with Gasteiger partial charge in [-0.2, -0.15) is 5.10 Å². The molecule has 1 heterocycles. The Balaban J connectivity index is 1.36. The Kier molecular flexibility index (Phi) is 8.48. The molecule has 1 amide bonds. The molecule has 0 aliphatic heterocycles. The van der Waals surface area contributed by atoms with Gasteiger partial charge < -0.3 is 14.8 Å². The van der Waals surface area contributed by atoms with Crippen LogP contribution in [0.3, 0.4) is 0 Å². The average Bonchev–Trinajstić information content (AvgIpc) is 3.35. The van der Waals surface area contributed by atoms with Crippen molar-refractivity contribution >= 4 is 18.1 Å². The maximum atomic E-state index is 11.8. The van der Waals surface area contributed by atoms with Crippen LogP contribution < -0.4 is 10.1 Å². The molecule has 0 aliphatic carbocycles. The number of aromatic nitrogens is 2. The van der Waals surface area contributed by atoms with E-state index in [-0.39, 0.29) is 12.0 Å². The van der Waals surface area contributed by atoms with Crippen molar-refractivity contribution in [2.75, 3.05) is 5.32 Å². The van der Waals surface area contributed by atoms with Crippen molar-refractivity contribution in [2.45, 2.75) is 38.7 Å². The Morgan fingerprint density at radius 1 is 0.972 bits per heavy atom. The first-order chi connectivity index (χ1) is 17.6. The van der Waals surface area contributed by atoms with Crippen molar-refractivity contribution in [1.29, 1.82) is 0 Å². The van der Waals surface area contributed by atoms with Crippen LogP contribution in [0.1, 0.15) is 31.0 Å². The molecule has 1 atom stereocenters. The molecule has 0 aliphatic rings. The first-order valence-corrected chi connectivity index (χ1v) is 12.0. The summed E-state index contributed by atoms with van der Waals surface area (Å²) in [5, 5.41) is 10.4. The number of nitrogens with zero attached hydrogens (tertiary/aromatic N) is 1. The van der Waals surface area contributed by atoms with Crippen molar-refractivity contribution in [3.63, 3.8) is 0 Å². The van der Waals surface area contributed by atoms with Gasteiger partial charge in [-0.1, -0.05) is 37.3 Å². The van der Waals surface area contributed by atoms with Gasteiger partial charge in [0.05, 0.1) is 5.69 Å². The predicted molar refractivity (Wildman–Crippen MR) is 139 cm³/mol. The predicted octanol–water partition coefficient (Wildman–Crippen LogP) is 5.93. The van der Waals surface area contributed by atoms with Crippen molar-refractivity contribution < 1.29 is 19.1 Å². The molecular weight excluding hydrogens is 454 g/mol. The number of rotatable bonds is 12. The molecule has 0 radical (unpaired) electrons. The maximum absolute atomic E-state index is 11.8. The number of H-pyrrole nitrogens is 1. The Labute approximate surface area is 210 Å². The van der Waals surface area contributed by atoms with Gasteiger partial charge in [-0.15, -0.1) is 0 Å². The van der Waals surface area contributed by atoms with E-state index in [1.165, 1.54) is 0 Å². The van der Waals surface area contributed by atoms with Gasteiger partial charge in [0.2, 0.25) is 5.91 Å². The Hall–Kier alpha value is -4.39. The first kappa shape index (κ1) is 24.7. The number of nitrogens with one attached hydrogen (secondary N) is 2. The van der Waals surface area contributed by atoms with Crippen LogP contribution in [0.25, 0.3) is 11.3 Å². The highest BCUT2D eigenvalue weighted by Gasteiger charge is 2.15. The third-order valence-corrected chi connectivity index (χ3v) is 5.63. The summed E-state index contributed by atoms with van der Waals surface area (Å²) in [6.45, 7) is 2.45. The fourth-order valence-corrected chi connectivity index (χ4v) is 3.86. The monoisotopic (exact) mass is 483 g/mol. The number of aromatic amines is 1. The lowest BCUT2D eigenvalue weighted by Gasteiger charge is -2.14. The summed E-state index contributed by atoms with van der Waals surface area (Å²) in [5.74, 6) is 1.53. The van der Waals surface area contributed by atoms with Crippen LogP contribution in [-0.2, 0) is 27.2 Å². The third-order valence-electron chi connectivity index (χ3n) is 5.63. The molecular formula is C29H29N3O4. The van der Waals surface area contributed by atoms with E-state index >= 15 is 0 Å². The largest absolute Gasteiger partial charge is 0.464 e. The maximum Gasteiger partial charge on any atom is 0.293 e. The van der Waals surface area contributed by atoms with Crippen molar-refractivity contribution in [2.24, 2.45) is 0 Å². The number of para-hydroxylation sites is 1. The molecule has 0 saturated carbocycles. The van der Waals surface area contributed by atoms with Crippen LogP contribution in [-0.4, -0.2) is 28.7 Å². The molecule has 7 heteroatoms. The zero-order valence-corrected chi connectivity index (χ0v) is 20.1. The van der Waals surface area contributed by atoms with E-state index in [4.69, 9.17) is 9.47 Å².